The third-order valence-corrected chi connectivity index (χ3v) is 5.64. The van der Waals surface area contributed by atoms with Gasteiger partial charge in [0.2, 0.25) is 15.9 Å². The molecule has 2 unspecified atom stereocenters. The van der Waals surface area contributed by atoms with E-state index in [1.54, 1.807) is 13.8 Å². The summed E-state index contributed by atoms with van der Waals surface area (Å²) in [5.41, 5.74) is 10.4. The van der Waals surface area contributed by atoms with Crippen molar-refractivity contribution in [1.29, 1.82) is 0 Å². The summed E-state index contributed by atoms with van der Waals surface area (Å²) in [4.78, 5) is 10.9. The second-order valence-electron chi connectivity index (χ2n) is 5.86. The maximum absolute atomic E-state index is 12.3. The van der Waals surface area contributed by atoms with Crippen molar-refractivity contribution < 1.29 is 18.3 Å². The normalized spacial score (nSPS) is 24.3. The molecule has 2 atom stereocenters. The molecule has 0 aromatic heterocycles. The van der Waals surface area contributed by atoms with Crippen molar-refractivity contribution >= 4 is 21.6 Å². The predicted molar refractivity (Wildman–Crippen MR) is 77.9 cm³/mol. The highest BCUT2D eigenvalue weighted by molar-refractivity contribution is 7.89. The van der Waals surface area contributed by atoms with E-state index in [2.05, 4.69) is 4.72 Å². The summed E-state index contributed by atoms with van der Waals surface area (Å²) in [5.74, 6) is -0.679. The van der Waals surface area contributed by atoms with Crippen LogP contribution in [0.1, 0.15) is 30.6 Å². The maximum atomic E-state index is 12.3. The molecule has 1 aliphatic rings. The molecule has 21 heavy (non-hydrogen) atoms. The molecule has 116 valence electrons. The fourth-order valence-electron chi connectivity index (χ4n) is 2.30. The Labute approximate surface area is 123 Å². The number of hydrogen-bond acceptors (Lipinski definition) is 5. The highest BCUT2D eigenvalue weighted by Gasteiger charge is 2.49. The summed E-state index contributed by atoms with van der Waals surface area (Å²) in [7, 11) is -3.83. The molecule has 0 heterocycles. The summed E-state index contributed by atoms with van der Waals surface area (Å²) in [5, 5.41) is 9.65. The van der Waals surface area contributed by atoms with Gasteiger partial charge in [-0.3, -0.25) is 4.79 Å². The Kier molecular flexibility index (Phi) is 3.73. The van der Waals surface area contributed by atoms with E-state index in [0.29, 0.717) is 6.42 Å². The number of carbonyl (C=O) groups is 1. The highest BCUT2D eigenvalue weighted by atomic mass is 32.2. The van der Waals surface area contributed by atoms with Gasteiger partial charge in [-0.1, -0.05) is 13.8 Å². The van der Waals surface area contributed by atoms with E-state index in [-0.39, 0.29) is 22.2 Å². The van der Waals surface area contributed by atoms with Crippen LogP contribution in [-0.2, 0) is 10.0 Å². The number of amides is 1. The van der Waals surface area contributed by atoms with Gasteiger partial charge in [-0.2, -0.15) is 0 Å². The quantitative estimate of drug-likeness (QED) is 0.571. The number of hydrogen-bond donors (Lipinski definition) is 4. The summed E-state index contributed by atoms with van der Waals surface area (Å²) in [6.07, 6.45) is -0.189. The number of nitrogen functional groups attached to an aromatic ring is 1. The average molecular weight is 313 g/mol. The molecular formula is C13H19N3O4S. The summed E-state index contributed by atoms with van der Waals surface area (Å²) in [6.45, 7) is 3.57. The van der Waals surface area contributed by atoms with Crippen molar-refractivity contribution in [1.82, 2.24) is 4.72 Å². The zero-order valence-electron chi connectivity index (χ0n) is 11.8. The van der Waals surface area contributed by atoms with Crippen molar-refractivity contribution in [3.8, 4) is 0 Å². The first-order valence-electron chi connectivity index (χ1n) is 6.45. The van der Waals surface area contributed by atoms with Crippen LogP contribution >= 0.6 is 0 Å². The van der Waals surface area contributed by atoms with Gasteiger partial charge in [0, 0.05) is 17.0 Å². The van der Waals surface area contributed by atoms with Crippen LogP contribution in [0.5, 0.6) is 0 Å². The number of nitrogens with one attached hydrogen (secondary N) is 1. The first-order chi connectivity index (χ1) is 9.55. The largest absolute Gasteiger partial charge is 0.398 e. The molecule has 1 fully saturated rings. The van der Waals surface area contributed by atoms with Crippen LogP contribution in [0.3, 0.4) is 0 Å². The number of benzene rings is 1. The van der Waals surface area contributed by atoms with Crippen molar-refractivity contribution in [2.45, 2.75) is 37.3 Å². The molecule has 1 aromatic rings. The number of carbonyl (C=O) groups excluding carboxylic acids is 1. The molecule has 2 rings (SSSR count). The summed E-state index contributed by atoms with van der Waals surface area (Å²) in [6, 6.07) is 3.43. The molecule has 0 saturated heterocycles. The Hall–Kier alpha value is -1.64. The molecule has 6 N–H and O–H groups in total. The van der Waals surface area contributed by atoms with Crippen molar-refractivity contribution in [2.75, 3.05) is 5.73 Å². The molecular weight excluding hydrogens is 294 g/mol. The molecule has 1 saturated carbocycles. The van der Waals surface area contributed by atoms with Crippen LogP contribution < -0.4 is 16.2 Å². The van der Waals surface area contributed by atoms with Gasteiger partial charge < -0.3 is 16.6 Å². The van der Waals surface area contributed by atoms with E-state index in [1.165, 1.54) is 18.2 Å². The lowest BCUT2D eigenvalue weighted by Crippen LogP contribution is -2.61. The van der Waals surface area contributed by atoms with Crippen molar-refractivity contribution in [2.24, 2.45) is 11.1 Å². The smallest absolute Gasteiger partial charge is 0.248 e. The predicted octanol–water partition coefficient (Wildman–Crippen LogP) is -0.195. The minimum atomic E-state index is -3.83. The van der Waals surface area contributed by atoms with Crippen LogP contribution in [0.25, 0.3) is 0 Å². The Morgan fingerprint density at radius 3 is 2.48 bits per heavy atom. The van der Waals surface area contributed by atoms with Crippen molar-refractivity contribution in [3.05, 3.63) is 23.8 Å². The third-order valence-electron chi connectivity index (χ3n) is 4.10. The lowest BCUT2D eigenvalue weighted by atomic mass is 9.65. The van der Waals surface area contributed by atoms with E-state index in [9.17, 15) is 18.3 Å². The van der Waals surface area contributed by atoms with Crippen LogP contribution in [0.15, 0.2) is 23.1 Å². The van der Waals surface area contributed by atoms with Gasteiger partial charge in [-0.15, -0.1) is 0 Å². The first-order valence-corrected chi connectivity index (χ1v) is 7.93. The van der Waals surface area contributed by atoms with Crippen molar-refractivity contribution in [3.63, 3.8) is 0 Å². The lowest BCUT2D eigenvalue weighted by molar-refractivity contribution is -0.0645. The van der Waals surface area contributed by atoms with Crippen LogP contribution in [0, 0.1) is 5.41 Å². The lowest BCUT2D eigenvalue weighted by Gasteiger charge is -2.49. The minimum absolute atomic E-state index is 0.0449. The summed E-state index contributed by atoms with van der Waals surface area (Å²) >= 11 is 0. The Morgan fingerprint density at radius 2 is 2.05 bits per heavy atom. The molecule has 1 aromatic carbocycles. The van der Waals surface area contributed by atoms with Gasteiger partial charge in [0.25, 0.3) is 0 Å². The first kappa shape index (κ1) is 15.7. The van der Waals surface area contributed by atoms with Crippen LogP contribution in [0.2, 0.25) is 0 Å². The Bertz CT molecular complexity index is 685. The number of rotatable bonds is 4. The molecule has 1 amide bonds. The van der Waals surface area contributed by atoms with Gasteiger partial charge in [0.15, 0.2) is 0 Å². The summed E-state index contributed by atoms with van der Waals surface area (Å²) < 4.78 is 27.2. The minimum Gasteiger partial charge on any atom is -0.398 e. The standard InChI is InChI=1S/C13H19N3O4S/c1-13(2)10(6-11(13)17)16-21(19,20)9-4-3-7(12(15)18)5-8(9)14/h3-5,10-11,16-17H,6,14H2,1-2H3,(H2,15,18). The third kappa shape index (κ3) is 2.74. The average Bonchev–Trinajstić information content (AvgIpc) is 2.37. The van der Waals surface area contributed by atoms with Gasteiger partial charge in [-0.25, -0.2) is 13.1 Å². The van der Waals surface area contributed by atoms with E-state index in [1.807, 2.05) is 0 Å². The number of aliphatic hydroxyl groups excluding tert-OH is 1. The fraction of sp³-hybridized carbons (Fsp3) is 0.462. The number of aliphatic hydroxyl groups is 1. The number of primary amides is 1. The van der Waals surface area contributed by atoms with E-state index < -0.39 is 27.4 Å². The number of nitrogens with two attached hydrogens (primary N) is 2. The second-order valence-corrected chi connectivity index (χ2v) is 7.55. The SMILES string of the molecule is CC1(C)C(O)CC1NS(=O)(=O)c1ccc(C(N)=O)cc1N. The topological polar surface area (TPSA) is 136 Å². The maximum Gasteiger partial charge on any atom is 0.248 e. The zero-order valence-corrected chi connectivity index (χ0v) is 12.6. The van der Waals surface area contributed by atoms with Gasteiger partial charge >= 0.3 is 0 Å². The highest BCUT2D eigenvalue weighted by Crippen LogP contribution is 2.41. The van der Waals surface area contributed by atoms with Gasteiger partial charge in [0.05, 0.1) is 11.8 Å². The zero-order chi connectivity index (χ0) is 16.0. The number of sulfonamides is 1. The van der Waals surface area contributed by atoms with Crippen LogP contribution in [-0.4, -0.2) is 31.6 Å². The molecule has 7 nitrogen and oxygen atoms in total. The molecule has 0 bridgehead atoms. The van der Waals surface area contributed by atoms with E-state index in [0.717, 1.165) is 0 Å². The Morgan fingerprint density at radius 1 is 1.43 bits per heavy atom. The second kappa shape index (κ2) is 4.97. The van der Waals surface area contributed by atoms with E-state index in [4.69, 9.17) is 11.5 Å². The molecule has 1 aliphatic carbocycles. The molecule has 0 spiro atoms. The Balaban J connectivity index is 2.27. The van der Waals surface area contributed by atoms with E-state index >= 15 is 0 Å². The van der Waals surface area contributed by atoms with Crippen LogP contribution in [0.4, 0.5) is 5.69 Å². The molecule has 0 aliphatic heterocycles. The monoisotopic (exact) mass is 313 g/mol. The number of anilines is 1. The fourth-order valence-corrected chi connectivity index (χ4v) is 3.82. The molecule has 0 radical (unpaired) electrons. The molecule has 8 heteroatoms. The van der Waals surface area contributed by atoms with Gasteiger partial charge in [-0.05, 0) is 24.6 Å². The van der Waals surface area contributed by atoms with Gasteiger partial charge in [0.1, 0.15) is 4.90 Å².